The van der Waals surface area contributed by atoms with E-state index < -0.39 is 11.8 Å². The summed E-state index contributed by atoms with van der Waals surface area (Å²) < 4.78 is 5.31. The number of ketones is 1. The number of halogens is 1. The van der Waals surface area contributed by atoms with Crippen LogP contribution in [-0.4, -0.2) is 23.3 Å². The molecule has 0 saturated carbocycles. The van der Waals surface area contributed by atoms with E-state index in [9.17, 15) is 9.59 Å². The monoisotopic (exact) mass is 271 g/mol. The van der Waals surface area contributed by atoms with Gasteiger partial charge in [-0.2, -0.15) is 0 Å². The van der Waals surface area contributed by atoms with Crippen LogP contribution in [0.5, 0.6) is 0 Å². The lowest BCUT2D eigenvalue weighted by Crippen LogP contribution is -2.18. The number of ether oxygens (including phenoxy) is 1. The molecule has 0 aliphatic rings. The minimum absolute atomic E-state index is 0.186. The first-order valence-electron chi connectivity index (χ1n) is 4.39. The first-order chi connectivity index (χ1) is 7.07. The molecule has 80 valence electrons. The highest BCUT2D eigenvalue weighted by molar-refractivity contribution is 9.10. The maximum Gasteiger partial charge on any atom is 0.379 e. The molecule has 1 aromatic heterocycles. The zero-order valence-corrected chi connectivity index (χ0v) is 10.00. The van der Waals surface area contributed by atoms with Crippen LogP contribution in [0.15, 0.2) is 16.9 Å². The van der Waals surface area contributed by atoms with Crippen LogP contribution in [0.2, 0.25) is 0 Å². The number of aromatic nitrogens is 1. The van der Waals surface area contributed by atoms with Gasteiger partial charge < -0.3 is 4.74 Å². The Balaban J connectivity index is 3.01. The van der Waals surface area contributed by atoms with Crippen LogP contribution < -0.4 is 0 Å². The fourth-order valence-electron chi connectivity index (χ4n) is 1.04. The van der Waals surface area contributed by atoms with Crippen molar-refractivity contribution < 1.29 is 14.3 Å². The van der Waals surface area contributed by atoms with Crippen LogP contribution >= 0.6 is 15.9 Å². The van der Waals surface area contributed by atoms with Gasteiger partial charge in [0.1, 0.15) is 0 Å². The molecular formula is C10H10BrNO3. The fraction of sp³-hybridized carbons (Fsp3) is 0.300. The number of pyridine rings is 1. The number of hydrogen-bond donors (Lipinski definition) is 0. The molecule has 1 aromatic rings. The van der Waals surface area contributed by atoms with Gasteiger partial charge in [0.15, 0.2) is 0 Å². The fourth-order valence-corrected chi connectivity index (χ4v) is 1.37. The smallest absolute Gasteiger partial charge is 0.379 e. The SMILES string of the molecule is CCOC(=O)C(=O)c1cncc(Br)c1C. The van der Waals surface area contributed by atoms with Gasteiger partial charge >= 0.3 is 5.97 Å². The Morgan fingerprint density at radius 1 is 1.47 bits per heavy atom. The predicted molar refractivity (Wildman–Crippen MR) is 57.6 cm³/mol. The van der Waals surface area contributed by atoms with Crippen LogP contribution in [0.3, 0.4) is 0 Å². The Bertz CT molecular complexity index is 404. The molecule has 0 amide bonds. The zero-order chi connectivity index (χ0) is 11.4. The van der Waals surface area contributed by atoms with Crippen molar-refractivity contribution in [3.63, 3.8) is 0 Å². The number of nitrogens with zero attached hydrogens (tertiary/aromatic N) is 1. The van der Waals surface area contributed by atoms with Gasteiger partial charge in [0.25, 0.3) is 5.78 Å². The van der Waals surface area contributed by atoms with Crippen LogP contribution in [0.4, 0.5) is 0 Å². The van der Waals surface area contributed by atoms with Gasteiger partial charge in [0.05, 0.1) is 12.2 Å². The molecule has 0 aliphatic carbocycles. The summed E-state index contributed by atoms with van der Waals surface area (Å²) in [6.45, 7) is 3.57. The molecular weight excluding hydrogens is 262 g/mol. The van der Waals surface area contributed by atoms with Gasteiger partial charge in [0, 0.05) is 16.9 Å². The summed E-state index contributed by atoms with van der Waals surface area (Å²) in [7, 11) is 0. The number of carbonyl (C=O) groups excluding carboxylic acids is 2. The van der Waals surface area contributed by atoms with E-state index in [1.54, 1.807) is 20.0 Å². The first kappa shape index (κ1) is 11.8. The molecule has 0 unspecified atom stereocenters. The second kappa shape index (κ2) is 5.02. The van der Waals surface area contributed by atoms with E-state index in [0.29, 0.717) is 10.0 Å². The molecule has 0 bridgehead atoms. The van der Waals surface area contributed by atoms with Crippen molar-refractivity contribution in [2.24, 2.45) is 0 Å². The molecule has 0 atom stereocenters. The zero-order valence-electron chi connectivity index (χ0n) is 8.41. The van der Waals surface area contributed by atoms with E-state index in [2.05, 4.69) is 25.7 Å². The molecule has 5 heteroatoms. The van der Waals surface area contributed by atoms with Gasteiger partial charge in [-0.05, 0) is 35.3 Å². The van der Waals surface area contributed by atoms with Crippen molar-refractivity contribution in [3.05, 3.63) is 28.0 Å². The summed E-state index contributed by atoms with van der Waals surface area (Å²) in [5, 5.41) is 0. The molecule has 0 radical (unpaired) electrons. The summed E-state index contributed by atoms with van der Waals surface area (Å²) in [4.78, 5) is 26.6. The van der Waals surface area contributed by atoms with Gasteiger partial charge in [-0.3, -0.25) is 9.78 Å². The van der Waals surface area contributed by atoms with Crippen molar-refractivity contribution in [2.75, 3.05) is 6.61 Å². The molecule has 0 saturated heterocycles. The topological polar surface area (TPSA) is 56.3 Å². The molecule has 4 nitrogen and oxygen atoms in total. The summed E-state index contributed by atoms with van der Waals surface area (Å²) in [5.41, 5.74) is 0.950. The first-order valence-corrected chi connectivity index (χ1v) is 5.18. The van der Waals surface area contributed by atoms with E-state index in [4.69, 9.17) is 0 Å². The van der Waals surface area contributed by atoms with E-state index >= 15 is 0 Å². The van der Waals surface area contributed by atoms with Crippen molar-refractivity contribution in [1.29, 1.82) is 0 Å². The minimum Gasteiger partial charge on any atom is -0.460 e. The Morgan fingerprint density at radius 3 is 2.73 bits per heavy atom. The van der Waals surface area contributed by atoms with E-state index in [1.807, 2.05) is 0 Å². The molecule has 0 aliphatic heterocycles. The predicted octanol–water partition coefficient (Wildman–Crippen LogP) is 1.90. The van der Waals surface area contributed by atoms with Crippen LogP contribution in [0.1, 0.15) is 22.8 Å². The summed E-state index contributed by atoms with van der Waals surface area (Å²) in [6.07, 6.45) is 2.93. The summed E-state index contributed by atoms with van der Waals surface area (Å²) in [6, 6.07) is 0. The molecule has 1 rings (SSSR count). The molecule has 0 aromatic carbocycles. The Labute approximate surface area is 95.8 Å². The summed E-state index contributed by atoms with van der Waals surface area (Å²) in [5.74, 6) is -1.51. The van der Waals surface area contributed by atoms with Crippen LogP contribution in [-0.2, 0) is 9.53 Å². The number of carbonyl (C=O) groups is 2. The van der Waals surface area contributed by atoms with Gasteiger partial charge in [-0.1, -0.05) is 0 Å². The average Bonchev–Trinajstić information content (AvgIpc) is 2.21. The Kier molecular flexibility index (Phi) is 3.96. The highest BCUT2D eigenvalue weighted by atomic mass is 79.9. The van der Waals surface area contributed by atoms with Crippen LogP contribution in [0.25, 0.3) is 0 Å². The van der Waals surface area contributed by atoms with Gasteiger partial charge in [0.2, 0.25) is 0 Å². The number of Topliss-reactive ketones (excluding diaryl/α,β-unsaturated/α-hetero) is 1. The van der Waals surface area contributed by atoms with E-state index in [-0.39, 0.29) is 12.2 Å². The highest BCUT2D eigenvalue weighted by Gasteiger charge is 2.20. The number of rotatable bonds is 3. The number of hydrogen-bond acceptors (Lipinski definition) is 4. The van der Waals surface area contributed by atoms with Crippen LogP contribution in [0, 0.1) is 6.92 Å². The molecule has 0 spiro atoms. The standard InChI is InChI=1S/C10H10BrNO3/c1-3-15-10(14)9(13)7-4-12-5-8(11)6(7)2/h4-5H,3H2,1-2H3. The highest BCUT2D eigenvalue weighted by Crippen LogP contribution is 2.18. The Hall–Kier alpha value is -1.23. The van der Waals surface area contributed by atoms with Crippen molar-refractivity contribution in [3.8, 4) is 0 Å². The molecule has 0 N–H and O–H groups in total. The van der Waals surface area contributed by atoms with Crippen molar-refractivity contribution in [2.45, 2.75) is 13.8 Å². The normalized spacial score (nSPS) is 9.80. The third kappa shape index (κ3) is 2.62. The van der Waals surface area contributed by atoms with Crippen molar-refractivity contribution in [1.82, 2.24) is 4.98 Å². The van der Waals surface area contributed by atoms with E-state index in [1.165, 1.54) is 6.20 Å². The Morgan fingerprint density at radius 2 is 2.13 bits per heavy atom. The van der Waals surface area contributed by atoms with Crippen molar-refractivity contribution >= 4 is 27.7 Å². The third-order valence-electron chi connectivity index (χ3n) is 1.86. The van der Waals surface area contributed by atoms with E-state index in [0.717, 1.165) is 0 Å². The summed E-state index contributed by atoms with van der Waals surface area (Å²) >= 11 is 3.24. The number of esters is 1. The third-order valence-corrected chi connectivity index (χ3v) is 2.66. The molecule has 0 fully saturated rings. The maximum atomic E-state index is 11.6. The second-order valence-corrected chi connectivity index (χ2v) is 3.70. The minimum atomic E-state index is -0.847. The average molecular weight is 272 g/mol. The largest absolute Gasteiger partial charge is 0.460 e. The lowest BCUT2D eigenvalue weighted by molar-refractivity contribution is -0.137. The lowest BCUT2D eigenvalue weighted by atomic mass is 10.1. The van der Waals surface area contributed by atoms with Gasteiger partial charge in [-0.15, -0.1) is 0 Å². The quantitative estimate of drug-likeness (QED) is 0.479. The van der Waals surface area contributed by atoms with Gasteiger partial charge in [-0.25, -0.2) is 4.79 Å². The lowest BCUT2D eigenvalue weighted by Gasteiger charge is -2.04. The molecule has 1 heterocycles. The maximum absolute atomic E-state index is 11.6. The molecule has 15 heavy (non-hydrogen) atoms. The second-order valence-electron chi connectivity index (χ2n) is 2.84.